The number of hydrogen-bond donors (Lipinski definition) is 1. The van der Waals surface area contributed by atoms with Gasteiger partial charge in [-0.1, -0.05) is 42.3 Å². The largest absolute Gasteiger partial charge is 0.327 e. The Bertz CT molecular complexity index is 327. The summed E-state index contributed by atoms with van der Waals surface area (Å²) in [7, 11) is 0. The van der Waals surface area contributed by atoms with Crippen molar-refractivity contribution in [2.24, 2.45) is 11.7 Å². The van der Waals surface area contributed by atoms with Gasteiger partial charge in [-0.25, -0.2) is 4.39 Å². The molecule has 0 amide bonds. The summed E-state index contributed by atoms with van der Waals surface area (Å²) in [5.74, 6) is 0.268. The average molecular weight is 274 g/mol. The highest BCUT2D eigenvalue weighted by atomic mass is 79.9. The summed E-state index contributed by atoms with van der Waals surface area (Å²) in [5, 5.41) is 0. The lowest BCUT2D eigenvalue weighted by Gasteiger charge is -2.18. The van der Waals surface area contributed by atoms with E-state index in [2.05, 4.69) is 29.8 Å². The molecule has 15 heavy (non-hydrogen) atoms. The highest BCUT2D eigenvalue weighted by molar-refractivity contribution is 9.10. The molecule has 0 saturated heterocycles. The van der Waals surface area contributed by atoms with Crippen molar-refractivity contribution in [2.45, 2.75) is 32.7 Å². The second kappa shape index (κ2) is 5.61. The van der Waals surface area contributed by atoms with Crippen LogP contribution < -0.4 is 5.73 Å². The van der Waals surface area contributed by atoms with Crippen molar-refractivity contribution in [3.63, 3.8) is 0 Å². The van der Waals surface area contributed by atoms with Crippen molar-refractivity contribution in [3.05, 3.63) is 34.1 Å². The standard InChI is InChI=1S/C12H17BrFN/c1-3-8(2)12(15)6-9-4-5-10(14)7-11(9)13/h4-5,7-8,12H,3,6,15H2,1-2H3. The van der Waals surface area contributed by atoms with E-state index < -0.39 is 0 Å². The molecule has 0 spiro atoms. The van der Waals surface area contributed by atoms with Crippen molar-refractivity contribution < 1.29 is 4.39 Å². The third kappa shape index (κ3) is 3.58. The zero-order valence-corrected chi connectivity index (χ0v) is 10.7. The molecule has 3 heteroatoms. The fraction of sp³-hybridized carbons (Fsp3) is 0.500. The zero-order chi connectivity index (χ0) is 11.4. The molecule has 2 N–H and O–H groups in total. The van der Waals surface area contributed by atoms with Crippen molar-refractivity contribution in [3.8, 4) is 0 Å². The molecule has 1 aromatic carbocycles. The van der Waals surface area contributed by atoms with Crippen LogP contribution in [0, 0.1) is 11.7 Å². The Morgan fingerprint density at radius 1 is 1.47 bits per heavy atom. The van der Waals surface area contributed by atoms with E-state index in [4.69, 9.17) is 5.73 Å². The molecule has 0 aliphatic carbocycles. The number of nitrogens with two attached hydrogens (primary N) is 1. The van der Waals surface area contributed by atoms with Gasteiger partial charge in [-0.2, -0.15) is 0 Å². The van der Waals surface area contributed by atoms with Crippen LogP contribution in [0.2, 0.25) is 0 Å². The van der Waals surface area contributed by atoms with E-state index in [1.807, 2.05) is 0 Å². The lowest BCUT2D eigenvalue weighted by atomic mass is 9.94. The average Bonchev–Trinajstić information content (AvgIpc) is 2.20. The first kappa shape index (κ1) is 12.7. The van der Waals surface area contributed by atoms with Crippen LogP contribution in [-0.4, -0.2) is 6.04 Å². The summed E-state index contributed by atoms with van der Waals surface area (Å²) in [6.07, 6.45) is 1.86. The Labute approximate surface area is 99.0 Å². The summed E-state index contributed by atoms with van der Waals surface area (Å²) in [6, 6.07) is 4.89. The quantitative estimate of drug-likeness (QED) is 0.893. The van der Waals surface area contributed by atoms with E-state index >= 15 is 0 Å². The summed E-state index contributed by atoms with van der Waals surface area (Å²) < 4.78 is 13.7. The van der Waals surface area contributed by atoms with E-state index in [0.717, 1.165) is 22.9 Å². The van der Waals surface area contributed by atoms with E-state index in [1.54, 1.807) is 6.07 Å². The summed E-state index contributed by atoms with van der Waals surface area (Å²) in [6.45, 7) is 4.27. The van der Waals surface area contributed by atoms with E-state index in [1.165, 1.54) is 12.1 Å². The minimum atomic E-state index is -0.220. The van der Waals surface area contributed by atoms with E-state index in [0.29, 0.717) is 5.92 Å². The smallest absolute Gasteiger partial charge is 0.124 e. The lowest BCUT2D eigenvalue weighted by Crippen LogP contribution is -2.30. The van der Waals surface area contributed by atoms with Crippen molar-refractivity contribution >= 4 is 15.9 Å². The second-order valence-corrected chi connectivity index (χ2v) is 4.84. The molecule has 84 valence electrons. The maximum absolute atomic E-state index is 12.8. The van der Waals surface area contributed by atoms with E-state index in [-0.39, 0.29) is 11.9 Å². The fourth-order valence-electron chi connectivity index (χ4n) is 1.45. The fourth-order valence-corrected chi connectivity index (χ4v) is 1.96. The normalized spacial score (nSPS) is 15.0. The van der Waals surface area contributed by atoms with Gasteiger partial charge in [-0.3, -0.25) is 0 Å². The summed E-state index contributed by atoms with van der Waals surface area (Å²) in [5.41, 5.74) is 7.13. The molecule has 0 saturated carbocycles. The zero-order valence-electron chi connectivity index (χ0n) is 9.13. The molecule has 1 nitrogen and oxygen atoms in total. The van der Waals surface area contributed by atoms with Crippen LogP contribution in [0.15, 0.2) is 22.7 Å². The van der Waals surface area contributed by atoms with Gasteiger partial charge in [-0.15, -0.1) is 0 Å². The molecule has 1 aromatic rings. The monoisotopic (exact) mass is 273 g/mol. The van der Waals surface area contributed by atoms with Crippen LogP contribution >= 0.6 is 15.9 Å². The number of hydrogen-bond acceptors (Lipinski definition) is 1. The molecule has 2 atom stereocenters. The van der Waals surface area contributed by atoms with Crippen LogP contribution in [0.25, 0.3) is 0 Å². The molecular weight excluding hydrogens is 257 g/mol. The SMILES string of the molecule is CCC(C)C(N)Cc1ccc(F)cc1Br. The summed E-state index contributed by atoms with van der Waals surface area (Å²) in [4.78, 5) is 0. The Hall–Kier alpha value is -0.410. The highest BCUT2D eigenvalue weighted by Gasteiger charge is 2.13. The van der Waals surface area contributed by atoms with Crippen molar-refractivity contribution in [1.82, 2.24) is 0 Å². The summed E-state index contributed by atoms with van der Waals surface area (Å²) >= 11 is 3.35. The van der Waals surface area contributed by atoms with Gasteiger partial charge in [-0.05, 0) is 30.0 Å². The van der Waals surface area contributed by atoms with Gasteiger partial charge in [0.15, 0.2) is 0 Å². The highest BCUT2D eigenvalue weighted by Crippen LogP contribution is 2.21. The number of benzene rings is 1. The Kier molecular flexibility index (Phi) is 4.74. The molecular formula is C12H17BrFN. The van der Waals surface area contributed by atoms with Gasteiger partial charge < -0.3 is 5.73 Å². The molecule has 0 aromatic heterocycles. The van der Waals surface area contributed by atoms with Gasteiger partial charge in [0, 0.05) is 10.5 Å². The third-order valence-corrected chi connectivity index (χ3v) is 3.58. The molecule has 0 radical (unpaired) electrons. The van der Waals surface area contributed by atoms with Crippen molar-refractivity contribution in [1.29, 1.82) is 0 Å². The van der Waals surface area contributed by atoms with Gasteiger partial charge in [0.2, 0.25) is 0 Å². The Morgan fingerprint density at radius 2 is 2.13 bits per heavy atom. The number of rotatable bonds is 4. The van der Waals surface area contributed by atoms with Crippen LogP contribution in [-0.2, 0) is 6.42 Å². The Balaban J connectivity index is 2.72. The minimum Gasteiger partial charge on any atom is -0.327 e. The molecule has 2 unspecified atom stereocenters. The van der Waals surface area contributed by atoms with Crippen LogP contribution in [0.4, 0.5) is 4.39 Å². The molecule has 0 bridgehead atoms. The van der Waals surface area contributed by atoms with Gasteiger partial charge in [0.05, 0.1) is 0 Å². The first-order valence-corrected chi connectivity index (χ1v) is 6.03. The van der Waals surface area contributed by atoms with Crippen LogP contribution in [0.5, 0.6) is 0 Å². The molecule has 0 heterocycles. The predicted octanol–water partition coefficient (Wildman–Crippen LogP) is 3.50. The maximum Gasteiger partial charge on any atom is 0.124 e. The van der Waals surface area contributed by atoms with Crippen LogP contribution in [0.3, 0.4) is 0 Å². The van der Waals surface area contributed by atoms with Gasteiger partial charge >= 0.3 is 0 Å². The minimum absolute atomic E-state index is 0.136. The maximum atomic E-state index is 12.8. The second-order valence-electron chi connectivity index (χ2n) is 3.99. The molecule has 1 rings (SSSR count). The van der Waals surface area contributed by atoms with E-state index in [9.17, 15) is 4.39 Å². The van der Waals surface area contributed by atoms with Gasteiger partial charge in [0.25, 0.3) is 0 Å². The predicted molar refractivity (Wildman–Crippen MR) is 65.2 cm³/mol. The molecule has 0 aliphatic rings. The van der Waals surface area contributed by atoms with Crippen LogP contribution in [0.1, 0.15) is 25.8 Å². The third-order valence-electron chi connectivity index (χ3n) is 2.85. The first-order valence-electron chi connectivity index (χ1n) is 5.24. The first-order chi connectivity index (χ1) is 7.04. The molecule has 0 fully saturated rings. The lowest BCUT2D eigenvalue weighted by molar-refractivity contribution is 0.439. The topological polar surface area (TPSA) is 26.0 Å². The van der Waals surface area contributed by atoms with Gasteiger partial charge in [0.1, 0.15) is 5.82 Å². The Morgan fingerprint density at radius 3 is 2.67 bits per heavy atom. The van der Waals surface area contributed by atoms with Crippen molar-refractivity contribution in [2.75, 3.05) is 0 Å². The number of halogens is 2. The molecule has 0 aliphatic heterocycles.